The van der Waals surface area contributed by atoms with Crippen LogP contribution in [-0.4, -0.2) is 29.8 Å². The molecule has 144 valence electrons. The molecule has 2 aromatic rings. The summed E-state index contributed by atoms with van der Waals surface area (Å²) in [5.74, 6) is -0.0298. The zero-order valence-electron chi connectivity index (χ0n) is 16.5. The number of thiophene rings is 1. The van der Waals surface area contributed by atoms with Gasteiger partial charge in [-0.2, -0.15) is 0 Å². The summed E-state index contributed by atoms with van der Waals surface area (Å²) in [6, 6.07) is 9.92. The average molecular weight is 385 g/mol. The first-order valence-corrected chi connectivity index (χ1v) is 10.4. The minimum Gasteiger partial charge on any atom is -0.352 e. The summed E-state index contributed by atoms with van der Waals surface area (Å²) in [4.78, 5) is 28.2. The molecule has 0 unspecified atom stereocenters. The molecule has 0 saturated heterocycles. The van der Waals surface area contributed by atoms with Crippen molar-refractivity contribution in [3.63, 3.8) is 0 Å². The lowest BCUT2D eigenvalue weighted by atomic mass is 9.87. The fraction of sp³-hybridized carbons (Fsp3) is 0.455. The molecular formula is C22H28N2O2S. The molecule has 1 aromatic carbocycles. The van der Waals surface area contributed by atoms with Gasteiger partial charge in [-0.3, -0.25) is 9.59 Å². The van der Waals surface area contributed by atoms with Gasteiger partial charge in [0.1, 0.15) is 0 Å². The number of benzene rings is 1. The van der Waals surface area contributed by atoms with E-state index in [1.807, 2.05) is 29.2 Å². The molecule has 4 nitrogen and oxygen atoms in total. The molecule has 1 atom stereocenters. The summed E-state index contributed by atoms with van der Waals surface area (Å²) in [6.45, 7) is 9.64. The van der Waals surface area contributed by atoms with Crippen molar-refractivity contribution in [1.29, 1.82) is 0 Å². The lowest BCUT2D eigenvalue weighted by molar-refractivity contribution is -0.133. The molecule has 27 heavy (non-hydrogen) atoms. The highest BCUT2D eigenvalue weighted by molar-refractivity contribution is 7.10. The molecule has 5 heteroatoms. The highest BCUT2D eigenvalue weighted by Gasteiger charge is 2.27. The largest absolute Gasteiger partial charge is 0.352 e. The van der Waals surface area contributed by atoms with E-state index in [-0.39, 0.29) is 23.3 Å². The van der Waals surface area contributed by atoms with Crippen LogP contribution in [0.1, 0.15) is 66.5 Å². The Hall–Kier alpha value is -2.14. The third kappa shape index (κ3) is 4.41. The number of amides is 2. The summed E-state index contributed by atoms with van der Waals surface area (Å²) < 4.78 is 0. The molecule has 1 aromatic heterocycles. The van der Waals surface area contributed by atoms with Gasteiger partial charge < -0.3 is 10.2 Å². The number of carbonyl (C=O) groups excluding carboxylic acids is 2. The van der Waals surface area contributed by atoms with Crippen LogP contribution in [0.15, 0.2) is 35.7 Å². The lowest BCUT2D eigenvalue weighted by Gasteiger charge is -2.33. The average Bonchev–Trinajstić information content (AvgIpc) is 3.11. The molecule has 1 aliphatic heterocycles. The Balaban J connectivity index is 1.51. The molecule has 0 spiro atoms. The van der Waals surface area contributed by atoms with Crippen LogP contribution in [-0.2, 0) is 16.6 Å². The zero-order chi connectivity index (χ0) is 19.6. The second kappa shape index (κ2) is 7.85. The van der Waals surface area contributed by atoms with E-state index in [0.29, 0.717) is 18.5 Å². The second-order valence-electron chi connectivity index (χ2n) is 8.15. The number of hydrogen-bond acceptors (Lipinski definition) is 3. The Kier molecular flexibility index (Phi) is 5.70. The summed E-state index contributed by atoms with van der Waals surface area (Å²) in [6.07, 6.45) is 1.26. The smallest absolute Gasteiger partial charge is 0.251 e. The molecule has 2 amide bonds. The van der Waals surface area contributed by atoms with Crippen molar-refractivity contribution >= 4 is 23.2 Å². The first-order chi connectivity index (χ1) is 12.8. The lowest BCUT2D eigenvalue weighted by Crippen LogP contribution is -2.39. The number of fused-ring (bicyclic) bond motifs is 1. The third-order valence-corrected chi connectivity index (χ3v) is 6.23. The predicted octanol–water partition coefficient (Wildman–Crippen LogP) is 4.31. The normalized spacial score (nSPS) is 16.7. The van der Waals surface area contributed by atoms with Crippen LogP contribution in [0.4, 0.5) is 0 Å². The zero-order valence-corrected chi connectivity index (χ0v) is 17.4. The van der Waals surface area contributed by atoms with Gasteiger partial charge in [-0.15, -0.1) is 11.3 Å². The number of hydrogen-bond donors (Lipinski definition) is 1. The highest BCUT2D eigenvalue weighted by atomic mass is 32.1. The Morgan fingerprint density at radius 3 is 2.56 bits per heavy atom. The van der Waals surface area contributed by atoms with E-state index in [4.69, 9.17) is 0 Å². The van der Waals surface area contributed by atoms with E-state index >= 15 is 0 Å². The molecule has 0 bridgehead atoms. The molecule has 0 fully saturated rings. The standard InChI is InChI=1S/C22H28N2O2S/c1-15-18-11-14-27-19(18)10-13-24(15)20(25)9-12-23-21(26)16-5-7-17(8-6-16)22(2,3)4/h5-8,11,14-15H,9-10,12-13H2,1-4H3,(H,23,26)/t15-/m1/s1. The van der Waals surface area contributed by atoms with Gasteiger partial charge in [0.15, 0.2) is 0 Å². The fourth-order valence-corrected chi connectivity index (χ4v) is 4.46. The van der Waals surface area contributed by atoms with E-state index in [9.17, 15) is 9.59 Å². The van der Waals surface area contributed by atoms with Crippen molar-refractivity contribution in [2.75, 3.05) is 13.1 Å². The Bertz CT molecular complexity index is 818. The van der Waals surface area contributed by atoms with Crippen molar-refractivity contribution in [3.05, 3.63) is 57.3 Å². The summed E-state index contributed by atoms with van der Waals surface area (Å²) in [7, 11) is 0. The first kappa shape index (κ1) is 19.6. The maximum absolute atomic E-state index is 12.6. The Morgan fingerprint density at radius 2 is 1.89 bits per heavy atom. The van der Waals surface area contributed by atoms with Gasteiger partial charge in [0.25, 0.3) is 5.91 Å². The van der Waals surface area contributed by atoms with Gasteiger partial charge in [0.05, 0.1) is 6.04 Å². The third-order valence-electron chi connectivity index (χ3n) is 5.24. The van der Waals surface area contributed by atoms with Crippen molar-refractivity contribution < 1.29 is 9.59 Å². The maximum Gasteiger partial charge on any atom is 0.251 e. The predicted molar refractivity (Wildman–Crippen MR) is 110 cm³/mol. The Labute approximate surface area is 165 Å². The van der Waals surface area contributed by atoms with Crippen LogP contribution in [0.2, 0.25) is 0 Å². The first-order valence-electron chi connectivity index (χ1n) is 9.52. The van der Waals surface area contributed by atoms with Gasteiger partial charge in [-0.25, -0.2) is 0 Å². The van der Waals surface area contributed by atoms with Crippen LogP contribution < -0.4 is 5.32 Å². The minimum absolute atomic E-state index is 0.0644. The van der Waals surface area contributed by atoms with Crippen molar-refractivity contribution in [2.45, 2.75) is 52.0 Å². The summed E-state index contributed by atoms with van der Waals surface area (Å²) in [5.41, 5.74) is 3.16. The molecule has 1 N–H and O–H groups in total. The van der Waals surface area contributed by atoms with Crippen LogP contribution in [0.3, 0.4) is 0 Å². The van der Waals surface area contributed by atoms with Gasteiger partial charge >= 0.3 is 0 Å². The van der Waals surface area contributed by atoms with Gasteiger partial charge in [-0.1, -0.05) is 32.9 Å². The van der Waals surface area contributed by atoms with Crippen molar-refractivity contribution in [2.24, 2.45) is 0 Å². The molecule has 3 rings (SSSR count). The summed E-state index contributed by atoms with van der Waals surface area (Å²) in [5, 5.41) is 4.97. The molecule has 0 saturated carbocycles. The van der Waals surface area contributed by atoms with Crippen LogP contribution in [0, 0.1) is 0 Å². The molecular weight excluding hydrogens is 356 g/mol. The fourth-order valence-electron chi connectivity index (χ4n) is 3.50. The summed E-state index contributed by atoms with van der Waals surface area (Å²) >= 11 is 1.77. The molecule has 0 aliphatic carbocycles. The van der Waals surface area contributed by atoms with E-state index in [1.165, 1.54) is 16.0 Å². The van der Waals surface area contributed by atoms with Gasteiger partial charge in [0.2, 0.25) is 5.91 Å². The molecule has 1 aliphatic rings. The van der Waals surface area contributed by atoms with Gasteiger partial charge in [-0.05, 0) is 53.5 Å². The van der Waals surface area contributed by atoms with Gasteiger partial charge in [0, 0.05) is 30.0 Å². The molecule has 2 heterocycles. The monoisotopic (exact) mass is 384 g/mol. The topological polar surface area (TPSA) is 49.4 Å². The van der Waals surface area contributed by atoms with E-state index in [2.05, 4.69) is 44.5 Å². The minimum atomic E-state index is -0.130. The van der Waals surface area contributed by atoms with Crippen LogP contribution in [0.25, 0.3) is 0 Å². The van der Waals surface area contributed by atoms with E-state index in [0.717, 1.165) is 13.0 Å². The SMILES string of the molecule is C[C@@H]1c2ccsc2CCN1C(=O)CCNC(=O)c1ccc(C(C)(C)C)cc1. The number of nitrogens with zero attached hydrogens (tertiary/aromatic N) is 1. The maximum atomic E-state index is 12.6. The van der Waals surface area contributed by atoms with E-state index < -0.39 is 0 Å². The quantitative estimate of drug-likeness (QED) is 0.854. The van der Waals surface area contributed by atoms with Crippen molar-refractivity contribution in [1.82, 2.24) is 10.2 Å². The molecule has 0 radical (unpaired) electrons. The Morgan fingerprint density at radius 1 is 1.19 bits per heavy atom. The number of rotatable bonds is 4. The van der Waals surface area contributed by atoms with Crippen LogP contribution >= 0.6 is 11.3 Å². The van der Waals surface area contributed by atoms with Crippen LogP contribution in [0.5, 0.6) is 0 Å². The number of carbonyl (C=O) groups is 2. The highest BCUT2D eigenvalue weighted by Crippen LogP contribution is 2.33. The van der Waals surface area contributed by atoms with Crippen molar-refractivity contribution in [3.8, 4) is 0 Å². The second-order valence-corrected chi connectivity index (χ2v) is 9.15. The number of nitrogens with one attached hydrogen (secondary N) is 1. The van der Waals surface area contributed by atoms with E-state index in [1.54, 1.807) is 11.3 Å².